The van der Waals surface area contributed by atoms with Crippen molar-refractivity contribution >= 4 is 5.78 Å². The summed E-state index contributed by atoms with van der Waals surface area (Å²) < 4.78 is 11.1. The maximum atomic E-state index is 11.9. The summed E-state index contributed by atoms with van der Waals surface area (Å²) in [4.78, 5) is 11.9. The molecule has 2 aliphatic rings. The van der Waals surface area contributed by atoms with E-state index in [-0.39, 0.29) is 11.7 Å². The van der Waals surface area contributed by atoms with Gasteiger partial charge in [0, 0.05) is 17.9 Å². The molecule has 0 saturated heterocycles. The molecular weight excluding hydrogens is 204 g/mol. The number of carbonyl (C=O) groups is 1. The molecule has 84 valence electrons. The number of rotatable bonds is 2. The number of fused-ring (bicyclic) bond motifs is 1. The summed E-state index contributed by atoms with van der Waals surface area (Å²) in [5.41, 5.74) is 0.756. The van der Waals surface area contributed by atoms with Crippen molar-refractivity contribution in [3.05, 3.63) is 23.8 Å². The zero-order valence-electron chi connectivity index (χ0n) is 9.07. The highest BCUT2D eigenvalue weighted by Crippen LogP contribution is 2.36. The van der Waals surface area contributed by atoms with Crippen molar-refractivity contribution in [3.8, 4) is 11.5 Å². The fourth-order valence-electron chi connectivity index (χ4n) is 1.90. The van der Waals surface area contributed by atoms with E-state index in [2.05, 4.69) is 0 Å². The van der Waals surface area contributed by atoms with Gasteiger partial charge in [-0.15, -0.1) is 0 Å². The number of hydrogen-bond acceptors (Lipinski definition) is 3. The van der Waals surface area contributed by atoms with Gasteiger partial charge >= 0.3 is 0 Å². The van der Waals surface area contributed by atoms with Crippen LogP contribution >= 0.6 is 0 Å². The normalized spacial score (nSPS) is 19.0. The van der Waals surface area contributed by atoms with Gasteiger partial charge < -0.3 is 9.47 Å². The molecular formula is C13H14O3. The number of benzene rings is 1. The molecule has 3 rings (SSSR count). The fourth-order valence-corrected chi connectivity index (χ4v) is 1.90. The Morgan fingerprint density at radius 1 is 1.12 bits per heavy atom. The number of ether oxygens (including phenoxy) is 2. The minimum Gasteiger partial charge on any atom is -0.490 e. The molecule has 1 aromatic rings. The van der Waals surface area contributed by atoms with Gasteiger partial charge in [-0.05, 0) is 31.0 Å². The Bertz CT molecular complexity index is 421. The maximum Gasteiger partial charge on any atom is 0.166 e. The molecule has 0 unspecified atom stereocenters. The average Bonchev–Trinajstić information content (AvgIpc) is 3.14. The maximum absolute atomic E-state index is 11.9. The first-order valence-electron chi connectivity index (χ1n) is 5.78. The van der Waals surface area contributed by atoms with Crippen molar-refractivity contribution in [2.24, 2.45) is 5.92 Å². The molecule has 0 spiro atoms. The lowest BCUT2D eigenvalue weighted by molar-refractivity contribution is 0.0967. The molecule has 0 aromatic heterocycles. The zero-order chi connectivity index (χ0) is 11.0. The SMILES string of the molecule is O=C(c1ccc2c(c1)OCCCO2)C1CC1. The summed E-state index contributed by atoms with van der Waals surface area (Å²) in [7, 11) is 0. The fraction of sp³-hybridized carbons (Fsp3) is 0.462. The molecule has 1 aliphatic carbocycles. The first-order chi connectivity index (χ1) is 7.84. The van der Waals surface area contributed by atoms with Crippen molar-refractivity contribution in [3.63, 3.8) is 0 Å². The third-order valence-corrected chi connectivity index (χ3v) is 2.98. The van der Waals surface area contributed by atoms with Gasteiger partial charge in [0.25, 0.3) is 0 Å². The van der Waals surface area contributed by atoms with E-state index in [1.807, 2.05) is 18.2 Å². The average molecular weight is 218 g/mol. The van der Waals surface area contributed by atoms with Crippen LogP contribution in [0.4, 0.5) is 0 Å². The number of Topliss-reactive ketones (excluding diaryl/α,β-unsaturated/α-hetero) is 1. The molecule has 0 bridgehead atoms. The minimum absolute atomic E-state index is 0.246. The van der Waals surface area contributed by atoms with E-state index in [0.29, 0.717) is 19.0 Å². The van der Waals surface area contributed by atoms with Crippen LogP contribution in [-0.2, 0) is 0 Å². The van der Waals surface area contributed by atoms with Crippen LogP contribution in [0.5, 0.6) is 11.5 Å². The van der Waals surface area contributed by atoms with E-state index in [4.69, 9.17) is 9.47 Å². The van der Waals surface area contributed by atoms with E-state index in [1.54, 1.807) is 0 Å². The van der Waals surface area contributed by atoms with Crippen LogP contribution < -0.4 is 9.47 Å². The summed E-state index contributed by atoms with van der Waals surface area (Å²) in [6, 6.07) is 5.51. The van der Waals surface area contributed by atoms with Crippen LogP contribution in [0.25, 0.3) is 0 Å². The lowest BCUT2D eigenvalue weighted by Gasteiger charge is -2.08. The second kappa shape index (κ2) is 3.81. The van der Waals surface area contributed by atoms with Crippen molar-refractivity contribution in [2.75, 3.05) is 13.2 Å². The Balaban J connectivity index is 1.90. The molecule has 3 nitrogen and oxygen atoms in total. The Hall–Kier alpha value is -1.51. The van der Waals surface area contributed by atoms with Gasteiger partial charge in [0.2, 0.25) is 0 Å². The van der Waals surface area contributed by atoms with Crippen LogP contribution in [0, 0.1) is 5.92 Å². The second-order valence-electron chi connectivity index (χ2n) is 4.35. The molecule has 0 N–H and O–H groups in total. The summed E-state index contributed by atoms with van der Waals surface area (Å²) in [5.74, 6) is 1.97. The molecule has 0 amide bonds. The predicted octanol–water partition coefficient (Wildman–Crippen LogP) is 2.44. The molecule has 16 heavy (non-hydrogen) atoms. The number of hydrogen-bond donors (Lipinski definition) is 0. The van der Waals surface area contributed by atoms with E-state index in [0.717, 1.165) is 30.6 Å². The Kier molecular flexibility index (Phi) is 2.31. The van der Waals surface area contributed by atoms with E-state index in [9.17, 15) is 4.79 Å². The van der Waals surface area contributed by atoms with Gasteiger partial charge in [-0.25, -0.2) is 0 Å². The Labute approximate surface area is 94.4 Å². The van der Waals surface area contributed by atoms with Gasteiger partial charge in [0.05, 0.1) is 13.2 Å². The summed E-state index contributed by atoms with van der Waals surface area (Å²) in [5, 5.41) is 0. The van der Waals surface area contributed by atoms with E-state index < -0.39 is 0 Å². The van der Waals surface area contributed by atoms with Crippen molar-refractivity contribution in [1.82, 2.24) is 0 Å². The van der Waals surface area contributed by atoms with E-state index in [1.165, 1.54) is 0 Å². The lowest BCUT2D eigenvalue weighted by Crippen LogP contribution is -2.02. The van der Waals surface area contributed by atoms with E-state index >= 15 is 0 Å². The first kappa shape index (κ1) is 9.70. The highest BCUT2D eigenvalue weighted by Gasteiger charge is 2.30. The first-order valence-corrected chi connectivity index (χ1v) is 5.78. The number of carbonyl (C=O) groups excluding carboxylic acids is 1. The van der Waals surface area contributed by atoms with Crippen LogP contribution in [0.3, 0.4) is 0 Å². The molecule has 1 fully saturated rings. The summed E-state index contributed by atoms with van der Waals surface area (Å²) >= 11 is 0. The van der Waals surface area contributed by atoms with Crippen molar-refractivity contribution in [2.45, 2.75) is 19.3 Å². The topological polar surface area (TPSA) is 35.5 Å². The predicted molar refractivity (Wildman–Crippen MR) is 59.1 cm³/mol. The largest absolute Gasteiger partial charge is 0.490 e. The van der Waals surface area contributed by atoms with Crippen LogP contribution in [0.15, 0.2) is 18.2 Å². The second-order valence-corrected chi connectivity index (χ2v) is 4.35. The monoisotopic (exact) mass is 218 g/mol. The highest BCUT2D eigenvalue weighted by molar-refractivity contribution is 5.99. The highest BCUT2D eigenvalue weighted by atomic mass is 16.5. The van der Waals surface area contributed by atoms with Gasteiger partial charge in [-0.3, -0.25) is 4.79 Å². The van der Waals surface area contributed by atoms with Crippen molar-refractivity contribution < 1.29 is 14.3 Å². The third-order valence-electron chi connectivity index (χ3n) is 2.98. The van der Waals surface area contributed by atoms with Gasteiger partial charge in [-0.2, -0.15) is 0 Å². The van der Waals surface area contributed by atoms with Crippen LogP contribution in [0.2, 0.25) is 0 Å². The molecule has 1 aromatic carbocycles. The quantitative estimate of drug-likeness (QED) is 0.715. The Morgan fingerprint density at radius 3 is 2.62 bits per heavy atom. The van der Waals surface area contributed by atoms with Gasteiger partial charge in [0.15, 0.2) is 17.3 Å². The molecule has 0 radical (unpaired) electrons. The summed E-state index contributed by atoms with van der Waals surface area (Å²) in [6.07, 6.45) is 2.96. The molecule has 1 aliphatic heterocycles. The molecule has 3 heteroatoms. The smallest absolute Gasteiger partial charge is 0.166 e. The van der Waals surface area contributed by atoms with Gasteiger partial charge in [-0.1, -0.05) is 0 Å². The zero-order valence-corrected chi connectivity index (χ0v) is 9.07. The van der Waals surface area contributed by atoms with Crippen molar-refractivity contribution in [1.29, 1.82) is 0 Å². The third kappa shape index (κ3) is 1.77. The van der Waals surface area contributed by atoms with Crippen LogP contribution in [0.1, 0.15) is 29.6 Å². The molecule has 1 heterocycles. The number of ketones is 1. The van der Waals surface area contributed by atoms with Crippen LogP contribution in [-0.4, -0.2) is 19.0 Å². The molecule has 1 saturated carbocycles. The minimum atomic E-state index is 0.246. The summed E-state index contributed by atoms with van der Waals surface area (Å²) in [6.45, 7) is 1.34. The Morgan fingerprint density at radius 2 is 1.88 bits per heavy atom. The standard InChI is InChI=1S/C13H14O3/c14-13(9-2-3-9)10-4-5-11-12(8-10)16-7-1-6-15-11/h4-5,8-9H,1-3,6-7H2. The lowest BCUT2D eigenvalue weighted by atomic mass is 10.1. The van der Waals surface area contributed by atoms with Gasteiger partial charge in [0.1, 0.15) is 0 Å². The molecule has 0 atom stereocenters.